The monoisotopic (exact) mass is 476 g/mol. The largest absolute Gasteiger partial charge is 0.475 e. The van der Waals surface area contributed by atoms with Crippen LogP contribution in [0.1, 0.15) is 51.4 Å². The number of rotatable bonds is 8. The molecule has 2 aliphatic heterocycles. The smallest absolute Gasteiger partial charge is 0.266 e. The Morgan fingerprint density at radius 2 is 1.88 bits per heavy atom. The lowest BCUT2D eigenvalue weighted by atomic mass is 9.91. The third kappa shape index (κ3) is 5.66. The molecule has 0 radical (unpaired) electrons. The van der Waals surface area contributed by atoms with Gasteiger partial charge in [-0.05, 0) is 62.0 Å². The van der Waals surface area contributed by atoms with Crippen LogP contribution >= 0.6 is 0 Å². The maximum Gasteiger partial charge on any atom is 0.266 e. The number of piperidine rings is 1. The van der Waals surface area contributed by atoms with Crippen molar-refractivity contribution in [3.05, 3.63) is 18.2 Å². The molecule has 34 heavy (non-hydrogen) atoms. The number of aromatic nitrogens is 1. The van der Waals surface area contributed by atoms with Gasteiger partial charge in [-0.1, -0.05) is 18.9 Å². The third-order valence-electron chi connectivity index (χ3n) is 7.46. The molecule has 9 heteroatoms. The summed E-state index contributed by atoms with van der Waals surface area (Å²) in [5.41, 5.74) is -0.0484. The van der Waals surface area contributed by atoms with Crippen molar-refractivity contribution in [3.8, 4) is 11.6 Å². The standard InChI is InChI=1S/C25H36N2O7/c28-19-4-1-2-5-20(19)33-34-22-7-3-6-21-23(22)24(26-32-21)31-16-18-8-12-27(13-9-18)17-25(29)10-14-30-15-11-25/h3,6-7,18-20,28-29H,1-2,4-5,8-17H2/t19-,20+/m0/s1. The molecule has 3 aliphatic rings. The van der Waals surface area contributed by atoms with Gasteiger partial charge in [0.1, 0.15) is 11.5 Å². The van der Waals surface area contributed by atoms with Crippen LogP contribution in [-0.2, 0) is 9.62 Å². The van der Waals surface area contributed by atoms with Gasteiger partial charge < -0.3 is 34.0 Å². The van der Waals surface area contributed by atoms with Gasteiger partial charge in [0, 0.05) is 32.6 Å². The topological polar surface area (TPSA) is 107 Å². The number of ether oxygens (including phenoxy) is 2. The van der Waals surface area contributed by atoms with Gasteiger partial charge in [-0.15, -0.1) is 0 Å². The molecule has 188 valence electrons. The van der Waals surface area contributed by atoms with Gasteiger partial charge in [0.2, 0.25) is 0 Å². The first-order chi connectivity index (χ1) is 16.6. The zero-order valence-corrected chi connectivity index (χ0v) is 19.7. The highest BCUT2D eigenvalue weighted by Crippen LogP contribution is 2.35. The van der Waals surface area contributed by atoms with E-state index in [2.05, 4.69) is 10.1 Å². The minimum absolute atomic E-state index is 0.336. The van der Waals surface area contributed by atoms with Crippen molar-refractivity contribution >= 4 is 11.0 Å². The van der Waals surface area contributed by atoms with Crippen molar-refractivity contribution < 1.29 is 34.0 Å². The van der Waals surface area contributed by atoms with Gasteiger partial charge in [0.15, 0.2) is 11.3 Å². The molecule has 3 fully saturated rings. The first-order valence-corrected chi connectivity index (χ1v) is 12.6. The normalized spacial score (nSPS) is 26.5. The molecule has 2 aromatic rings. The molecule has 2 saturated heterocycles. The summed E-state index contributed by atoms with van der Waals surface area (Å²) in [6.45, 7) is 4.44. The van der Waals surface area contributed by atoms with Crippen molar-refractivity contribution in [1.82, 2.24) is 10.1 Å². The number of β-amino-alcohol motifs (C(OH)–C–C–N with tert-alkyl or cyclic N) is 1. The zero-order chi connectivity index (χ0) is 23.4. The van der Waals surface area contributed by atoms with E-state index in [1.165, 1.54) is 0 Å². The lowest BCUT2D eigenvalue weighted by Crippen LogP contribution is -2.49. The van der Waals surface area contributed by atoms with E-state index < -0.39 is 11.7 Å². The second-order valence-electron chi connectivity index (χ2n) is 10.1. The molecule has 2 N–H and O–H groups in total. The lowest BCUT2D eigenvalue weighted by Gasteiger charge is -2.39. The highest BCUT2D eigenvalue weighted by atomic mass is 17.2. The second-order valence-corrected chi connectivity index (χ2v) is 10.1. The van der Waals surface area contributed by atoms with Crippen molar-refractivity contribution in [2.75, 3.05) is 39.5 Å². The molecule has 2 atom stereocenters. The number of nitrogens with zero attached hydrogens (tertiary/aromatic N) is 2. The van der Waals surface area contributed by atoms with E-state index >= 15 is 0 Å². The molecule has 0 amide bonds. The number of aliphatic hydroxyl groups excluding tert-OH is 1. The van der Waals surface area contributed by atoms with E-state index in [9.17, 15) is 10.2 Å². The summed E-state index contributed by atoms with van der Waals surface area (Å²) in [7, 11) is 0. The molecule has 0 bridgehead atoms. The highest BCUT2D eigenvalue weighted by Gasteiger charge is 2.33. The van der Waals surface area contributed by atoms with E-state index in [-0.39, 0.29) is 6.10 Å². The Morgan fingerprint density at radius 3 is 2.68 bits per heavy atom. The van der Waals surface area contributed by atoms with Crippen LogP contribution in [0.15, 0.2) is 22.7 Å². The fourth-order valence-corrected chi connectivity index (χ4v) is 5.24. The molecular weight excluding hydrogens is 440 g/mol. The Hall–Kier alpha value is -1.91. The number of likely N-dealkylation sites (tertiary alicyclic amines) is 1. The van der Waals surface area contributed by atoms with Gasteiger partial charge >= 0.3 is 0 Å². The van der Waals surface area contributed by atoms with Crippen molar-refractivity contribution in [1.29, 1.82) is 0 Å². The Kier molecular flexibility index (Phi) is 7.55. The minimum atomic E-state index is -0.618. The highest BCUT2D eigenvalue weighted by molar-refractivity contribution is 5.88. The van der Waals surface area contributed by atoms with E-state index in [4.69, 9.17) is 23.8 Å². The Labute approximate surface area is 199 Å². The Morgan fingerprint density at radius 1 is 1.09 bits per heavy atom. The molecule has 0 unspecified atom stereocenters. The van der Waals surface area contributed by atoms with Crippen LogP contribution in [0.4, 0.5) is 0 Å². The summed E-state index contributed by atoms with van der Waals surface area (Å²) in [6.07, 6.45) is 6.12. The Bertz CT molecular complexity index is 921. The van der Waals surface area contributed by atoms with Gasteiger partial charge in [-0.3, -0.25) is 0 Å². The first kappa shape index (κ1) is 23.8. The van der Waals surface area contributed by atoms with Crippen LogP contribution in [0.2, 0.25) is 0 Å². The maximum absolute atomic E-state index is 10.8. The second kappa shape index (κ2) is 10.8. The molecule has 1 saturated carbocycles. The van der Waals surface area contributed by atoms with Crippen LogP contribution in [-0.4, -0.2) is 77.5 Å². The first-order valence-electron chi connectivity index (χ1n) is 12.6. The fraction of sp³-hybridized carbons (Fsp3) is 0.720. The van der Waals surface area contributed by atoms with Crippen LogP contribution in [0.5, 0.6) is 11.6 Å². The summed E-state index contributed by atoms with van der Waals surface area (Å²) in [5.74, 6) is 1.29. The Balaban J connectivity index is 1.14. The number of benzene rings is 1. The fourth-order valence-electron chi connectivity index (χ4n) is 5.24. The van der Waals surface area contributed by atoms with Crippen molar-refractivity contribution in [2.24, 2.45) is 5.92 Å². The molecule has 1 aliphatic carbocycles. The summed E-state index contributed by atoms with van der Waals surface area (Å²) in [6, 6.07) is 5.42. The van der Waals surface area contributed by atoms with Crippen LogP contribution in [0.3, 0.4) is 0 Å². The van der Waals surface area contributed by atoms with Crippen molar-refractivity contribution in [3.63, 3.8) is 0 Å². The molecule has 1 aromatic carbocycles. The predicted molar refractivity (Wildman–Crippen MR) is 124 cm³/mol. The van der Waals surface area contributed by atoms with Crippen LogP contribution < -0.4 is 9.62 Å². The molecule has 1 aromatic heterocycles. The molecule has 5 rings (SSSR count). The number of aliphatic hydroxyl groups is 2. The summed E-state index contributed by atoms with van der Waals surface area (Å²) in [5, 5.41) is 25.7. The van der Waals surface area contributed by atoms with E-state index in [1.54, 1.807) is 6.07 Å². The molecule has 0 spiro atoms. The van der Waals surface area contributed by atoms with Crippen LogP contribution in [0, 0.1) is 5.92 Å². The number of hydrogen-bond donors (Lipinski definition) is 2. The van der Waals surface area contributed by atoms with Crippen molar-refractivity contribution in [2.45, 2.75) is 69.2 Å². The van der Waals surface area contributed by atoms with Gasteiger partial charge in [-0.2, -0.15) is 4.89 Å². The maximum atomic E-state index is 10.8. The third-order valence-corrected chi connectivity index (χ3v) is 7.46. The number of hydrogen-bond acceptors (Lipinski definition) is 9. The minimum Gasteiger partial charge on any atom is -0.475 e. The number of fused-ring (bicyclic) bond motifs is 1. The van der Waals surface area contributed by atoms with Gasteiger partial charge in [-0.25, -0.2) is 0 Å². The zero-order valence-electron chi connectivity index (χ0n) is 19.7. The van der Waals surface area contributed by atoms with E-state index in [1.807, 2.05) is 12.1 Å². The summed E-state index contributed by atoms with van der Waals surface area (Å²) < 4.78 is 16.9. The van der Waals surface area contributed by atoms with Gasteiger partial charge in [0.05, 0.1) is 18.3 Å². The predicted octanol–water partition coefficient (Wildman–Crippen LogP) is 3.07. The molecular formula is C25H36N2O7. The van der Waals surface area contributed by atoms with Gasteiger partial charge in [0.25, 0.3) is 5.88 Å². The average Bonchev–Trinajstić information content (AvgIpc) is 3.27. The lowest BCUT2D eigenvalue weighted by molar-refractivity contribution is -0.271. The molecule has 9 nitrogen and oxygen atoms in total. The molecule has 3 heterocycles. The van der Waals surface area contributed by atoms with E-state index in [0.717, 1.165) is 51.6 Å². The van der Waals surface area contributed by atoms with Crippen LogP contribution in [0.25, 0.3) is 11.0 Å². The SMILES string of the molecule is O[C@H]1CCCC[C@H]1OOc1cccc2onc(OCC3CCN(CC4(O)CCOCC4)CC3)c12. The quantitative estimate of drug-likeness (QED) is 0.439. The summed E-state index contributed by atoms with van der Waals surface area (Å²) in [4.78, 5) is 13.6. The summed E-state index contributed by atoms with van der Waals surface area (Å²) >= 11 is 0. The van der Waals surface area contributed by atoms with E-state index in [0.29, 0.717) is 67.7 Å². The average molecular weight is 477 g/mol.